The van der Waals surface area contributed by atoms with Gasteiger partial charge in [-0.3, -0.25) is 4.79 Å². The van der Waals surface area contributed by atoms with E-state index in [-0.39, 0.29) is 16.9 Å². The fraction of sp³-hybridized carbons (Fsp3) is 0.154. The number of aromatic nitrogens is 1. The van der Waals surface area contributed by atoms with Crippen LogP contribution >= 0.6 is 0 Å². The first-order chi connectivity index (χ1) is 8.94. The van der Waals surface area contributed by atoms with Crippen LogP contribution in [0.1, 0.15) is 5.69 Å². The first-order valence-corrected chi connectivity index (χ1v) is 5.55. The van der Waals surface area contributed by atoms with Gasteiger partial charge >= 0.3 is 6.29 Å². The Hall–Kier alpha value is -2.37. The van der Waals surface area contributed by atoms with Crippen molar-refractivity contribution in [3.63, 3.8) is 0 Å². The number of alkyl halides is 2. The second kappa shape index (κ2) is 3.81. The zero-order valence-corrected chi connectivity index (χ0v) is 9.87. The zero-order valence-electron chi connectivity index (χ0n) is 9.87. The van der Waals surface area contributed by atoms with Crippen molar-refractivity contribution in [2.45, 2.75) is 13.2 Å². The van der Waals surface area contributed by atoms with Crippen molar-refractivity contribution in [2.24, 2.45) is 0 Å². The van der Waals surface area contributed by atoms with E-state index in [1.165, 1.54) is 18.2 Å². The van der Waals surface area contributed by atoms with E-state index in [0.29, 0.717) is 17.0 Å². The molecule has 0 amide bonds. The fourth-order valence-corrected chi connectivity index (χ4v) is 2.01. The Kier molecular flexibility index (Phi) is 2.35. The summed E-state index contributed by atoms with van der Waals surface area (Å²) in [5, 5.41) is 0. The number of fused-ring (bicyclic) bond motifs is 1. The number of pyridine rings is 1. The highest BCUT2D eigenvalue weighted by Crippen LogP contribution is 2.46. The minimum atomic E-state index is -3.68. The Morgan fingerprint density at radius 2 is 2.00 bits per heavy atom. The fourth-order valence-electron chi connectivity index (χ4n) is 2.01. The summed E-state index contributed by atoms with van der Waals surface area (Å²) in [7, 11) is 0. The van der Waals surface area contributed by atoms with Gasteiger partial charge in [-0.1, -0.05) is 6.07 Å². The highest BCUT2D eigenvalue weighted by atomic mass is 19.3. The zero-order chi connectivity index (χ0) is 13.6. The van der Waals surface area contributed by atoms with Crippen LogP contribution in [0.25, 0.3) is 11.3 Å². The number of hydrogen-bond acceptors (Lipinski definition) is 3. The Bertz CT molecular complexity index is 709. The minimum Gasteiger partial charge on any atom is -0.395 e. The maximum absolute atomic E-state index is 13.1. The lowest BCUT2D eigenvalue weighted by Crippen LogP contribution is -2.26. The smallest absolute Gasteiger partial charge is 0.395 e. The van der Waals surface area contributed by atoms with Crippen molar-refractivity contribution in [3.05, 3.63) is 46.2 Å². The monoisotopic (exact) mass is 265 g/mol. The Labute approximate surface area is 106 Å². The van der Waals surface area contributed by atoms with E-state index in [0.717, 1.165) is 0 Å². The molecule has 2 heterocycles. The molecule has 0 saturated carbocycles. The molecule has 1 N–H and O–H groups in total. The molecule has 1 aliphatic rings. The Morgan fingerprint density at radius 3 is 2.74 bits per heavy atom. The SMILES string of the molecule is Cc1cc(=O)cc(-c2cccc3c2OC(F)(F)O3)[nH]1. The van der Waals surface area contributed by atoms with Crippen molar-refractivity contribution < 1.29 is 18.3 Å². The molecule has 0 unspecified atom stereocenters. The van der Waals surface area contributed by atoms with E-state index in [4.69, 9.17) is 0 Å². The number of hydrogen-bond donors (Lipinski definition) is 1. The van der Waals surface area contributed by atoms with Gasteiger partial charge in [-0.2, -0.15) is 0 Å². The lowest BCUT2D eigenvalue weighted by Gasteiger charge is -2.07. The number of H-pyrrole nitrogens is 1. The average Bonchev–Trinajstić information content (AvgIpc) is 2.60. The third-order valence-corrected chi connectivity index (χ3v) is 2.70. The molecule has 0 saturated heterocycles. The van der Waals surface area contributed by atoms with Gasteiger partial charge < -0.3 is 14.5 Å². The summed E-state index contributed by atoms with van der Waals surface area (Å²) < 4.78 is 35.0. The first kappa shape index (κ1) is 11.7. The molecule has 6 heteroatoms. The summed E-state index contributed by atoms with van der Waals surface area (Å²) in [5.74, 6) is -0.126. The van der Waals surface area contributed by atoms with Gasteiger partial charge in [0, 0.05) is 23.4 Å². The third-order valence-electron chi connectivity index (χ3n) is 2.70. The van der Waals surface area contributed by atoms with Crippen molar-refractivity contribution in [2.75, 3.05) is 0 Å². The van der Waals surface area contributed by atoms with Gasteiger partial charge in [-0.25, -0.2) is 0 Å². The third kappa shape index (κ3) is 2.05. The molecule has 2 aromatic rings. The van der Waals surface area contributed by atoms with Crippen LogP contribution in [-0.2, 0) is 0 Å². The van der Waals surface area contributed by atoms with Crippen molar-refractivity contribution >= 4 is 0 Å². The van der Waals surface area contributed by atoms with Gasteiger partial charge in [0.2, 0.25) is 0 Å². The minimum absolute atomic E-state index is 0.0511. The van der Waals surface area contributed by atoms with Crippen LogP contribution in [0.4, 0.5) is 8.78 Å². The van der Waals surface area contributed by atoms with Crippen LogP contribution in [0.5, 0.6) is 11.5 Å². The lowest BCUT2D eigenvalue weighted by atomic mass is 10.1. The molecule has 1 aromatic carbocycles. The number of aromatic amines is 1. The van der Waals surface area contributed by atoms with Crippen LogP contribution < -0.4 is 14.9 Å². The topological polar surface area (TPSA) is 51.3 Å². The number of halogens is 2. The Morgan fingerprint density at radius 1 is 1.21 bits per heavy atom. The number of rotatable bonds is 1. The summed E-state index contributed by atoms with van der Waals surface area (Å²) in [6.45, 7) is 1.71. The molecule has 3 rings (SSSR count). The van der Waals surface area contributed by atoms with E-state index < -0.39 is 6.29 Å². The molecule has 0 radical (unpaired) electrons. The highest BCUT2D eigenvalue weighted by molar-refractivity contribution is 5.72. The predicted octanol–water partition coefficient (Wildman–Crippen LogP) is 2.67. The summed E-state index contributed by atoms with van der Waals surface area (Å²) in [6.07, 6.45) is -3.68. The second-order valence-electron chi connectivity index (χ2n) is 4.21. The normalized spacial score (nSPS) is 15.5. The largest absolute Gasteiger partial charge is 0.586 e. The molecular formula is C13H9F2NO3. The molecule has 0 fully saturated rings. The summed E-state index contributed by atoms with van der Waals surface area (Å²) in [6, 6.07) is 7.25. The predicted molar refractivity (Wildman–Crippen MR) is 63.4 cm³/mol. The standard InChI is InChI=1S/C13H9F2NO3/c1-7-5-8(17)6-10(16-7)9-3-2-4-11-12(9)19-13(14,15)18-11/h2-6H,1H3,(H,16,17). The van der Waals surface area contributed by atoms with Gasteiger partial charge in [-0.05, 0) is 19.1 Å². The van der Waals surface area contributed by atoms with E-state index in [1.54, 1.807) is 19.1 Å². The number of ether oxygens (including phenoxy) is 2. The van der Waals surface area contributed by atoms with E-state index in [1.807, 2.05) is 0 Å². The molecule has 0 bridgehead atoms. The van der Waals surface area contributed by atoms with Crippen LogP contribution in [0.2, 0.25) is 0 Å². The number of aryl methyl sites for hydroxylation is 1. The van der Waals surface area contributed by atoms with Crippen LogP contribution in [-0.4, -0.2) is 11.3 Å². The van der Waals surface area contributed by atoms with Crippen molar-refractivity contribution in [3.8, 4) is 22.8 Å². The van der Waals surface area contributed by atoms with Crippen LogP contribution in [0.3, 0.4) is 0 Å². The van der Waals surface area contributed by atoms with Gasteiger partial charge in [0.15, 0.2) is 16.9 Å². The molecule has 4 nitrogen and oxygen atoms in total. The van der Waals surface area contributed by atoms with Gasteiger partial charge in [0.25, 0.3) is 0 Å². The van der Waals surface area contributed by atoms with Gasteiger partial charge in [0.05, 0.1) is 5.69 Å². The Balaban J connectivity index is 2.18. The summed E-state index contributed by atoms with van der Waals surface area (Å²) >= 11 is 0. The number of benzene rings is 1. The summed E-state index contributed by atoms with van der Waals surface area (Å²) in [5.41, 5.74) is 1.18. The molecule has 0 spiro atoms. The first-order valence-electron chi connectivity index (χ1n) is 5.55. The molecule has 19 heavy (non-hydrogen) atoms. The quantitative estimate of drug-likeness (QED) is 0.862. The second-order valence-corrected chi connectivity index (χ2v) is 4.21. The van der Waals surface area contributed by atoms with E-state index in [9.17, 15) is 13.6 Å². The lowest BCUT2D eigenvalue weighted by molar-refractivity contribution is -0.286. The number of para-hydroxylation sites is 1. The molecule has 0 atom stereocenters. The molecular weight excluding hydrogens is 256 g/mol. The van der Waals surface area contributed by atoms with Crippen molar-refractivity contribution in [1.29, 1.82) is 0 Å². The van der Waals surface area contributed by atoms with Crippen molar-refractivity contribution in [1.82, 2.24) is 4.98 Å². The van der Waals surface area contributed by atoms with Gasteiger partial charge in [0.1, 0.15) is 0 Å². The maximum atomic E-state index is 13.1. The molecule has 0 aliphatic carbocycles. The number of nitrogens with one attached hydrogen (secondary N) is 1. The van der Waals surface area contributed by atoms with Gasteiger partial charge in [-0.15, -0.1) is 8.78 Å². The maximum Gasteiger partial charge on any atom is 0.586 e. The van der Waals surface area contributed by atoms with Crippen LogP contribution in [0, 0.1) is 6.92 Å². The highest BCUT2D eigenvalue weighted by Gasteiger charge is 2.44. The summed E-state index contributed by atoms with van der Waals surface area (Å²) in [4.78, 5) is 14.4. The average molecular weight is 265 g/mol. The molecule has 98 valence electrons. The molecule has 1 aromatic heterocycles. The van der Waals surface area contributed by atoms with Crippen LogP contribution in [0.15, 0.2) is 35.1 Å². The van der Waals surface area contributed by atoms with E-state index in [2.05, 4.69) is 14.5 Å². The van der Waals surface area contributed by atoms with E-state index >= 15 is 0 Å². The molecule has 1 aliphatic heterocycles.